The minimum Gasteiger partial charge on any atom is -0.481 e. The Labute approximate surface area is 189 Å². The van der Waals surface area contributed by atoms with Crippen LogP contribution in [-0.2, 0) is 11.0 Å². The van der Waals surface area contributed by atoms with Gasteiger partial charge in [0.15, 0.2) is 5.84 Å². The number of carboxylic acids is 1. The van der Waals surface area contributed by atoms with Gasteiger partial charge in [-0.3, -0.25) is 9.80 Å². The van der Waals surface area contributed by atoms with Crippen molar-refractivity contribution in [2.75, 3.05) is 17.2 Å². The number of aliphatic carboxylic acids is 1. The van der Waals surface area contributed by atoms with Crippen molar-refractivity contribution >= 4 is 41.1 Å². The first kappa shape index (κ1) is 22.8. The fraction of sp³-hybridized carbons (Fsp3) is 0.143. The second kappa shape index (κ2) is 8.50. The van der Waals surface area contributed by atoms with Crippen LogP contribution in [0.3, 0.4) is 0 Å². The van der Waals surface area contributed by atoms with Gasteiger partial charge in [0.1, 0.15) is 23.8 Å². The van der Waals surface area contributed by atoms with Crippen LogP contribution in [0.1, 0.15) is 11.1 Å². The van der Waals surface area contributed by atoms with Crippen molar-refractivity contribution in [3.63, 3.8) is 0 Å². The van der Waals surface area contributed by atoms with Crippen molar-refractivity contribution in [1.82, 2.24) is 5.01 Å². The number of urea groups is 1. The summed E-state index contributed by atoms with van der Waals surface area (Å²) in [6, 6.07) is 6.66. The number of rotatable bonds is 4. The number of amides is 2. The molecule has 0 saturated heterocycles. The van der Waals surface area contributed by atoms with Gasteiger partial charge < -0.3 is 21.5 Å². The fourth-order valence-corrected chi connectivity index (χ4v) is 3.60. The summed E-state index contributed by atoms with van der Waals surface area (Å²) in [7, 11) is 0. The lowest BCUT2D eigenvalue weighted by Crippen LogP contribution is -2.29. The van der Waals surface area contributed by atoms with Gasteiger partial charge in [0.05, 0.1) is 17.8 Å². The SMILES string of the molecule is NC1=NC=NN2CC(C(=O)O)C(c3ccc(NC(=O)Nc4cc(C(F)(F)F)ccc4F)cc3)=C12. The molecule has 0 spiro atoms. The monoisotopic (exact) mass is 476 g/mol. The molecule has 34 heavy (non-hydrogen) atoms. The molecule has 1 unspecified atom stereocenters. The zero-order chi connectivity index (χ0) is 24.6. The number of hydrogen-bond donors (Lipinski definition) is 4. The van der Waals surface area contributed by atoms with Gasteiger partial charge >= 0.3 is 18.2 Å². The number of carbonyl (C=O) groups excluding carboxylic acids is 1. The van der Waals surface area contributed by atoms with Crippen molar-refractivity contribution in [2.45, 2.75) is 6.18 Å². The maximum absolute atomic E-state index is 13.9. The molecule has 9 nitrogen and oxygen atoms in total. The lowest BCUT2D eigenvalue weighted by molar-refractivity contribution is -0.140. The quantitative estimate of drug-likeness (QED) is 0.502. The van der Waals surface area contributed by atoms with Crippen LogP contribution >= 0.6 is 0 Å². The number of alkyl halides is 3. The second-order valence-electron chi connectivity index (χ2n) is 7.33. The number of hydrazone groups is 1. The third kappa shape index (κ3) is 4.40. The number of aliphatic imine (C=N–C) groups is 1. The van der Waals surface area contributed by atoms with E-state index in [-0.39, 0.29) is 18.1 Å². The molecule has 0 aromatic heterocycles. The molecule has 5 N–H and O–H groups in total. The van der Waals surface area contributed by atoms with E-state index in [1.807, 2.05) is 5.32 Å². The van der Waals surface area contributed by atoms with E-state index < -0.39 is 41.2 Å². The third-order valence-corrected chi connectivity index (χ3v) is 5.14. The summed E-state index contributed by atoms with van der Waals surface area (Å²) < 4.78 is 52.4. The molecule has 2 aliphatic heterocycles. The number of nitrogens with zero attached hydrogens (tertiary/aromatic N) is 3. The van der Waals surface area contributed by atoms with Crippen LogP contribution in [-0.4, -0.2) is 40.8 Å². The number of carboxylic acid groups (broad SMARTS) is 1. The first-order valence-electron chi connectivity index (χ1n) is 9.70. The van der Waals surface area contributed by atoms with Gasteiger partial charge in [0, 0.05) is 11.3 Å². The molecule has 0 fully saturated rings. The predicted octanol–water partition coefficient (Wildman–Crippen LogP) is 3.53. The lowest BCUT2D eigenvalue weighted by atomic mass is 9.93. The maximum atomic E-state index is 13.9. The molecular formula is C21H16F4N6O3. The molecule has 176 valence electrons. The molecule has 2 aromatic carbocycles. The molecule has 0 saturated carbocycles. The molecule has 2 aliphatic rings. The largest absolute Gasteiger partial charge is 0.481 e. The molecule has 0 radical (unpaired) electrons. The molecule has 0 aliphatic carbocycles. The molecule has 13 heteroatoms. The van der Waals surface area contributed by atoms with Crippen molar-refractivity contribution < 1.29 is 32.3 Å². The Morgan fingerprint density at radius 3 is 2.47 bits per heavy atom. The highest BCUT2D eigenvalue weighted by molar-refractivity contribution is 6.10. The third-order valence-electron chi connectivity index (χ3n) is 5.14. The second-order valence-corrected chi connectivity index (χ2v) is 7.33. The number of fused-ring (bicyclic) bond motifs is 1. The number of benzene rings is 2. The summed E-state index contributed by atoms with van der Waals surface area (Å²) in [5, 5.41) is 19.5. The Morgan fingerprint density at radius 2 is 1.82 bits per heavy atom. The van der Waals surface area contributed by atoms with Crippen LogP contribution in [0.5, 0.6) is 0 Å². The van der Waals surface area contributed by atoms with Gasteiger partial charge in [-0.25, -0.2) is 14.2 Å². The Morgan fingerprint density at radius 1 is 1.12 bits per heavy atom. The van der Waals surface area contributed by atoms with Crippen molar-refractivity contribution in [3.8, 4) is 0 Å². The van der Waals surface area contributed by atoms with Crippen LogP contribution in [0.25, 0.3) is 5.57 Å². The zero-order valence-electron chi connectivity index (χ0n) is 17.1. The zero-order valence-corrected chi connectivity index (χ0v) is 17.1. The van der Waals surface area contributed by atoms with E-state index in [9.17, 15) is 32.3 Å². The van der Waals surface area contributed by atoms with Crippen molar-refractivity contribution in [1.29, 1.82) is 0 Å². The summed E-state index contributed by atoms with van der Waals surface area (Å²) in [5.41, 5.74) is 5.66. The van der Waals surface area contributed by atoms with Gasteiger partial charge in [-0.05, 0) is 35.9 Å². The number of carbonyl (C=O) groups is 2. The van der Waals surface area contributed by atoms with Crippen LogP contribution in [0.15, 0.2) is 58.3 Å². The summed E-state index contributed by atoms with van der Waals surface area (Å²) in [4.78, 5) is 27.9. The molecule has 2 aromatic rings. The van der Waals surface area contributed by atoms with Crippen LogP contribution in [0, 0.1) is 11.7 Å². The first-order valence-corrected chi connectivity index (χ1v) is 9.70. The Balaban J connectivity index is 1.53. The van der Waals surface area contributed by atoms with E-state index in [2.05, 4.69) is 15.4 Å². The number of hydrogen-bond acceptors (Lipinski definition) is 6. The number of nitrogens with two attached hydrogens (primary N) is 1. The molecule has 2 heterocycles. The van der Waals surface area contributed by atoms with Gasteiger partial charge in [-0.2, -0.15) is 18.3 Å². The smallest absolute Gasteiger partial charge is 0.416 e. The minimum atomic E-state index is -4.70. The molecular weight excluding hydrogens is 460 g/mol. The highest BCUT2D eigenvalue weighted by Crippen LogP contribution is 2.38. The molecule has 0 bridgehead atoms. The number of halogens is 4. The Kier molecular flexibility index (Phi) is 5.69. The highest BCUT2D eigenvalue weighted by atomic mass is 19.4. The van der Waals surface area contributed by atoms with Gasteiger partial charge in [0.25, 0.3) is 0 Å². The van der Waals surface area contributed by atoms with Gasteiger partial charge in [-0.1, -0.05) is 12.1 Å². The molecule has 1 atom stereocenters. The lowest BCUT2D eigenvalue weighted by Gasteiger charge is -2.18. The maximum Gasteiger partial charge on any atom is 0.416 e. The van der Waals surface area contributed by atoms with E-state index >= 15 is 0 Å². The predicted molar refractivity (Wildman–Crippen MR) is 115 cm³/mol. The summed E-state index contributed by atoms with van der Waals surface area (Å²) >= 11 is 0. The Hall–Kier alpha value is -4.42. The standard InChI is InChI=1S/C21H16F4N6O3/c22-14-6-3-11(21(23,24)25)7-15(14)30-20(34)29-12-4-1-10(2-5-12)16-13(19(32)33)8-31-17(16)18(26)27-9-28-31/h1-7,9,13H,8H2,(H,32,33)(H2,26,27,28)(H2,29,30,34). The average molecular weight is 476 g/mol. The molecule has 4 rings (SSSR count). The van der Waals surface area contributed by atoms with E-state index in [1.54, 1.807) is 0 Å². The molecule has 2 amide bonds. The van der Waals surface area contributed by atoms with Crippen molar-refractivity contribution in [3.05, 3.63) is 65.1 Å². The summed E-state index contributed by atoms with van der Waals surface area (Å²) in [6.07, 6.45) is -3.48. The summed E-state index contributed by atoms with van der Waals surface area (Å²) in [6.45, 7) is 0.0671. The highest BCUT2D eigenvalue weighted by Gasteiger charge is 2.39. The van der Waals surface area contributed by atoms with E-state index in [4.69, 9.17) is 5.73 Å². The number of amidine groups is 1. The van der Waals surface area contributed by atoms with E-state index in [1.165, 1.54) is 35.6 Å². The number of nitrogens with one attached hydrogen (secondary N) is 2. The summed E-state index contributed by atoms with van der Waals surface area (Å²) in [5.74, 6) is -2.93. The fourth-order valence-electron chi connectivity index (χ4n) is 3.60. The van der Waals surface area contributed by atoms with Gasteiger partial charge in [0.2, 0.25) is 0 Å². The topological polar surface area (TPSA) is 132 Å². The van der Waals surface area contributed by atoms with Crippen LogP contribution < -0.4 is 16.4 Å². The van der Waals surface area contributed by atoms with Crippen LogP contribution in [0.4, 0.5) is 33.7 Å². The first-order chi connectivity index (χ1) is 16.0. The normalized spacial score (nSPS) is 17.4. The number of anilines is 2. The van der Waals surface area contributed by atoms with E-state index in [0.29, 0.717) is 35.0 Å². The van der Waals surface area contributed by atoms with Crippen molar-refractivity contribution in [2.24, 2.45) is 21.7 Å². The van der Waals surface area contributed by atoms with E-state index in [0.717, 1.165) is 0 Å². The average Bonchev–Trinajstić information content (AvgIpc) is 3.16. The minimum absolute atomic E-state index is 0.0671. The van der Waals surface area contributed by atoms with Crippen LogP contribution in [0.2, 0.25) is 0 Å². The Bertz CT molecular complexity index is 1250. The van der Waals surface area contributed by atoms with Gasteiger partial charge in [-0.15, -0.1) is 0 Å².